The smallest absolute Gasteiger partial charge is 0.0385 e. The molecule has 2 heteroatoms. The molecule has 2 aromatic rings. The van der Waals surface area contributed by atoms with Gasteiger partial charge in [0.2, 0.25) is 0 Å². The number of hydrogen-bond donors (Lipinski definition) is 1. The molecule has 0 saturated carbocycles. The molecule has 0 bridgehead atoms. The monoisotopic (exact) mass is 296 g/mol. The Balaban J connectivity index is 1.80. The van der Waals surface area contributed by atoms with Crippen molar-refractivity contribution in [2.75, 3.05) is 23.8 Å². The molecular formula is C20H28N2. The van der Waals surface area contributed by atoms with Gasteiger partial charge in [-0.2, -0.15) is 0 Å². The minimum atomic E-state index is 1.12. The molecule has 22 heavy (non-hydrogen) atoms. The number of para-hydroxylation sites is 1. The van der Waals surface area contributed by atoms with Crippen molar-refractivity contribution in [2.24, 2.45) is 0 Å². The van der Waals surface area contributed by atoms with Gasteiger partial charge in [0, 0.05) is 30.7 Å². The van der Waals surface area contributed by atoms with Crippen molar-refractivity contribution in [3.63, 3.8) is 0 Å². The summed E-state index contributed by atoms with van der Waals surface area (Å²) >= 11 is 0. The summed E-state index contributed by atoms with van der Waals surface area (Å²) in [5, 5.41) is 3.42. The number of rotatable bonds is 9. The van der Waals surface area contributed by atoms with Crippen LogP contribution in [0.4, 0.5) is 17.1 Å². The van der Waals surface area contributed by atoms with Crippen molar-refractivity contribution in [3.8, 4) is 0 Å². The Bertz CT molecular complexity index is 519. The Morgan fingerprint density at radius 2 is 1.41 bits per heavy atom. The second kappa shape index (κ2) is 9.14. The number of nitrogens with one attached hydrogen (secondary N) is 1. The van der Waals surface area contributed by atoms with Crippen molar-refractivity contribution in [3.05, 3.63) is 54.6 Å². The third-order valence-electron chi connectivity index (χ3n) is 3.97. The largest absolute Gasteiger partial charge is 0.375 e. The lowest BCUT2D eigenvalue weighted by atomic mass is 10.1. The van der Waals surface area contributed by atoms with Crippen LogP contribution in [0.1, 0.15) is 39.0 Å². The molecule has 0 fully saturated rings. The maximum Gasteiger partial charge on any atom is 0.0385 e. The van der Waals surface area contributed by atoms with Crippen LogP contribution >= 0.6 is 0 Å². The van der Waals surface area contributed by atoms with E-state index in [1.165, 1.54) is 37.8 Å². The van der Waals surface area contributed by atoms with Gasteiger partial charge in [0.1, 0.15) is 0 Å². The van der Waals surface area contributed by atoms with E-state index in [0.717, 1.165) is 17.9 Å². The molecule has 0 radical (unpaired) electrons. The number of benzene rings is 2. The maximum absolute atomic E-state index is 3.42. The highest BCUT2D eigenvalue weighted by Gasteiger charge is 2.01. The summed E-state index contributed by atoms with van der Waals surface area (Å²) in [6.07, 6.45) is 6.66. The van der Waals surface area contributed by atoms with E-state index in [4.69, 9.17) is 0 Å². The summed E-state index contributed by atoms with van der Waals surface area (Å²) < 4.78 is 0. The first-order valence-electron chi connectivity index (χ1n) is 8.43. The summed E-state index contributed by atoms with van der Waals surface area (Å²) in [6, 6.07) is 19.0. The molecule has 0 atom stereocenters. The van der Waals surface area contributed by atoms with Crippen LogP contribution in [0.5, 0.6) is 0 Å². The van der Waals surface area contributed by atoms with E-state index < -0.39 is 0 Å². The van der Waals surface area contributed by atoms with Crippen molar-refractivity contribution in [1.82, 2.24) is 0 Å². The summed E-state index contributed by atoms with van der Waals surface area (Å²) in [7, 11) is 2.18. The molecule has 1 N–H and O–H groups in total. The van der Waals surface area contributed by atoms with Gasteiger partial charge >= 0.3 is 0 Å². The van der Waals surface area contributed by atoms with Crippen LogP contribution in [-0.4, -0.2) is 13.6 Å². The first-order chi connectivity index (χ1) is 10.8. The third-order valence-corrected chi connectivity index (χ3v) is 3.97. The molecule has 0 aliphatic rings. The first-order valence-corrected chi connectivity index (χ1v) is 8.43. The van der Waals surface area contributed by atoms with Gasteiger partial charge in [-0.15, -0.1) is 0 Å². The zero-order chi connectivity index (χ0) is 15.6. The summed E-state index contributed by atoms with van der Waals surface area (Å²) in [5.41, 5.74) is 3.54. The van der Waals surface area contributed by atoms with Crippen molar-refractivity contribution < 1.29 is 0 Å². The molecule has 118 valence electrons. The van der Waals surface area contributed by atoms with Gasteiger partial charge in [-0.25, -0.2) is 0 Å². The average molecular weight is 296 g/mol. The van der Waals surface area contributed by atoms with E-state index in [2.05, 4.69) is 60.6 Å². The van der Waals surface area contributed by atoms with Crippen molar-refractivity contribution in [1.29, 1.82) is 0 Å². The zero-order valence-corrected chi connectivity index (χ0v) is 13.9. The van der Waals surface area contributed by atoms with Gasteiger partial charge in [0.25, 0.3) is 0 Å². The average Bonchev–Trinajstić information content (AvgIpc) is 2.56. The highest BCUT2D eigenvalue weighted by molar-refractivity contribution is 5.62. The van der Waals surface area contributed by atoms with Crippen LogP contribution < -0.4 is 10.2 Å². The number of nitrogens with zero attached hydrogens (tertiary/aromatic N) is 1. The topological polar surface area (TPSA) is 15.3 Å². The first kappa shape index (κ1) is 16.4. The Morgan fingerprint density at radius 1 is 0.773 bits per heavy atom. The van der Waals surface area contributed by atoms with E-state index >= 15 is 0 Å². The van der Waals surface area contributed by atoms with Crippen LogP contribution in [0.2, 0.25) is 0 Å². The molecule has 0 heterocycles. The normalized spacial score (nSPS) is 10.5. The van der Waals surface area contributed by atoms with Crippen LogP contribution in [0.15, 0.2) is 54.6 Å². The minimum absolute atomic E-state index is 1.12. The van der Waals surface area contributed by atoms with Gasteiger partial charge in [-0.05, 0) is 42.8 Å². The van der Waals surface area contributed by atoms with Crippen LogP contribution in [0.25, 0.3) is 0 Å². The lowest BCUT2D eigenvalue weighted by Gasteiger charge is -2.19. The molecule has 0 saturated heterocycles. The molecule has 0 aliphatic carbocycles. The van der Waals surface area contributed by atoms with Crippen molar-refractivity contribution in [2.45, 2.75) is 39.0 Å². The van der Waals surface area contributed by atoms with Gasteiger partial charge < -0.3 is 10.2 Å². The second-order valence-corrected chi connectivity index (χ2v) is 5.87. The molecule has 0 spiro atoms. The van der Waals surface area contributed by atoms with E-state index in [1.807, 2.05) is 18.2 Å². The molecule has 2 rings (SSSR count). The molecule has 0 aromatic heterocycles. The number of hydrogen-bond acceptors (Lipinski definition) is 2. The minimum Gasteiger partial charge on any atom is -0.375 e. The standard InChI is InChI=1S/C20H28N2/c1-3-4-5-6-10-17-22(2)20-15-13-19(14-16-20)21-18-11-8-7-9-12-18/h7-9,11-16,21H,3-6,10,17H2,1-2H3. The Morgan fingerprint density at radius 3 is 2.09 bits per heavy atom. The van der Waals surface area contributed by atoms with Crippen LogP contribution in [-0.2, 0) is 0 Å². The Hall–Kier alpha value is -1.96. The molecular weight excluding hydrogens is 268 g/mol. The Labute approximate surface area is 135 Å². The second-order valence-electron chi connectivity index (χ2n) is 5.87. The van der Waals surface area contributed by atoms with Crippen molar-refractivity contribution >= 4 is 17.1 Å². The van der Waals surface area contributed by atoms with Gasteiger partial charge in [-0.1, -0.05) is 50.8 Å². The molecule has 0 amide bonds. The lowest BCUT2D eigenvalue weighted by molar-refractivity contribution is 0.629. The van der Waals surface area contributed by atoms with E-state index in [0.29, 0.717) is 0 Å². The predicted molar refractivity (Wildman–Crippen MR) is 98.2 cm³/mol. The number of unbranched alkanes of at least 4 members (excludes halogenated alkanes) is 4. The van der Waals surface area contributed by atoms with E-state index in [1.54, 1.807) is 0 Å². The van der Waals surface area contributed by atoms with Gasteiger partial charge in [0.15, 0.2) is 0 Å². The van der Waals surface area contributed by atoms with Gasteiger partial charge in [-0.3, -0.25) is 0 Å². The molecule has 2 aromatic carbocycles. The van der Waals surface area contributed by atoms with Crippen LogP contribution in [0, 0.1) is 0 Å². The number of anilines is 3. The molecule has 0 unspecified atom stereocenters. The fraction of sp³-hybridized carbons (Fsp3) is 0.400. The SMILES string of the molecule is CCCCCCCN(C)c1ccc(Nc2ccccc2)cc1. The fourth-order valence-electron chi connectivity index (χ4n) is 2.57. The summed E-state index contributed by atoms with van der Waals surface area (Å²) in [6.45, 7) is 3.40. The highest BCUT2D eigenvalue weighted by atomic mass is 15.1. The lowest BCUT2D eigenvalue weighted by Crippen LogP contribution is -2.18. The van der Waals surface area contributed by atoms with E-state index in [-0.39, 0.29) is 0 Å². The summed E-state index contributed by atoms with van der Waals surface area (Å²) in [5.74, 6) is 0. The van der Waals surface area contributed by atoms with Crippen LogP contribution in [0.3, 0.4) is 0 Å². The molecule has 0 aliphatic heterocycles. The zero-order valence-electron chi connectivity index (χ0n) is 13.9. The predicted octanol–water partition coefficient (Wildman–Crippen LogP) is 5.84. The maximum atomic E-state index is 3.42. The molecule has 2 nitrogen and oxygen atoms in total. The van der Waals surface area contributed by atoms with Gasteiger partial charge in [0.05, 0.1) is 0 Å². The van der Waals surface area contributed by atoms with E-state index in [9.17, 15) is 0 Å². The highest BCUT2D eigenvalue weighted by Crippen LogP contribution is 2.20. The summed E-state index contributed by atoms with van der Waals surface area (Å²) in [4.78, 5) is 2.35. The Kier molecular flexibility index (Phi) is 6.82. The fourth-order valence-corrected chi connectivity index (χ4v) is 2.57. The third kappa shape index (κ3) is 5.44. The quantitative estimate of drug-likeness (QED) is 0.585.